The number of halogens is 1. The van der Waals surface area contributed by atoms with Gasteiger partial charge in [-0.3, -0.25) is 5.43 Å². The summed E-state index contributed by atoms with van der Waals surface area (Å²) in [6.07, 6.45) is 1.78. The van der Waals surface area contributed by atoms with Crippen molar-refractivity contribution < 1.29 is 9.47 Å². The Bertz CT molecular complexity index is 768. The van der Waals surface area contributed by atoms with E-state index >= 15 is 0 Å². The molecule has 0 saturated carbocycles. The second-order valence-corrected chi connectivity index (χ2v) is 7.45. The van der Waals surface area contributed by atoms with Gasteiger partial charge in [0.1, 0.15) is 5.82 Å². The Morgan fingerprint density at radius 2 is 1.57 bits per heavy atom. The normalized spacial score (nSPS) is 17.9. The van der Waals surface area contributed by atoms with Gasteiger partial charge in [0.2, 0.25) is 5.95 Å². The van der Waals surface area contributed by atoms with Gasteiger partial charge in [0.25, 0.3) is 0 Å². The highest BCUT2D eigenvalue weighted by Crippen LogP contribution is 2.22. The van der Waals surface area contributed by atoms with E-state index in [-0.39, 0.29) is 0 Å². The number of anilines is 3. The van der Waals surface area contributed by atoms with Gasteiger partial charge in [0.15, 0.2) is 5.82 Å². The number of benzene rings is 1. The van der Waals surface area contributed by atoms with Crippen molar-refractivity contribution in [2.75, 3.05) is 67.8 Å². The van der Waals surface area contributed by atoms with Crippen molar-refractivity contribution in [1.29, 1.82) is 0 Å². The first-order valence-corrected chi connectivity index (χ1v) is 10.2. The van der Waals surface area contributed by atoms with Crippen LogP contribution in [0.4, 0.5) is 17.6 Å². The van der Waals surface area contributed by atoms with E-state index in [1.165, 1.54) is 0 Å². The Morgan fingerprint density at radius 3 is 2.25 bits per heavy atom. The van der Waals surface area contributed by atoms with Crippen LogP contribution in [0.3, 0.4) is 0 Å². The zero-order valence-electron chi connectivity index (χ0n) is 15.6. The molecule has 2 fully saturated rings. The van der Waals surface area contributed by atoms with Crippen molar-refractivity contribution >= 4 is 39.7 Å². The van der Waals surface area contributed by atoms with Crippen LogP contribution in [0.1, 0.15) is 5.56 Å². The van der Waals surface area contributed by atoms with Crippen molar-refractivity contribution in [1.82, 2.24) is 9.97 Å². The average molecular weight is 447 g/mol. The van der Waals surface area contributed by atoms with Crippen molar-refractivity contribution in [2.24, 2.45) is 5.10 Å². The predicted molar refractivity (Wildman–Crippen MR) is 113 cm³/mol. The lowest BCUT2D eigenvalue weighted by Gasteiger charge is -2.31. The first-order chi connectivity index (χ1) is 13.8. The number of hydrogen-bond acceptors (Lipinski definition) is 8. The van der Waals surface area contributed by atoms with Crippen molar-refractivity contribution in [2.45, 2.75) is 0 Å². The maximum absolute atomic E-state index is 5.47. The third-order valence-corrected chi connectivity index (χ3v) is 5.12. The van der Waals surface area contributed by atoms with Gasteiger partial charge >= 0.3 is 0 Å². The fourth-order valence-corrected chi connectivity index (χ4v) is 3.32. The summed E-state index contributed by atoms with van der Waals surface area (Å²) in [5.74, 6) is 2.26. The summed E-state index contributed by atoms with van der Waals surface area (Å²) < 4.78 is 12.0. The van der Waals surface area contributed by atoms with Gasteiger partial charge in [0, 0.05) is 36.7 Å². The number of nitrogens with zero attached hydrogens (tertiary/aromatic N) is 5. The van der Waals surface area contributed by atoms with Crippen LogP contribution in [0.5, 0.6) is 0 Å². The summed E-state index contributed by atoms with van der Waals surface area (Å²) in [4.78, 5) is 13.8. The number of hydrogen-bond donors (Lipinski definition) is 1. The highest BCUT2D eigenvalue weighted by Gasteiger charge is 2.19. The van der Waals surface area contributed by atoms with E-state index in [9.17, 15) is 0 Å². The third kappa shape index (κ3) is 4.98. The number of nitrogens with one attached hydrogen (secondary N) is 1. The fourth-order valence-electron chi connectivity index (χ4n) is 3.06. The molecule has 0 aliphatic carbocycles. The Hall–Kier alpha value is -2.23. The number of rotatable bonds is 5. The lowest BCUT2D eigenvalue weighted by atomic mass is 10.2. The number of ether oxygens (including phenoxy) is 2. The van der Waals surface area contributed by atoms with E-state index in [2.05, 4.69) is 41.2 Å². The molecule has 2 aliphatic rings. The quantitative estimate of drug-likeness (QED) is 0.557. The Balaban J connectivity index is 1.54. The third-order valence-electron chi connectivity index (χ3n) is 4.59. The Kier molecular flexibility index (Phi) is 6.35. The maximum atomic E-state index is 5.47. The largest absolute Gasteiger partial charge is 0.378 e. The molecule has 0 atom stereocenters. The van der Waals surface area contributed by atoms with E-state index in [0.29, 0.717) is 38.2 Å². The lowest BCUT2D eigenvalue weighted by molar-refractivity contribution is 0.121. The van der Waals surface area contributed by atoms with Gasteiger partial charge in [-0.15, -0.1) is 0 Å². The molecule has 0 unspecified atom stereocenters. The molecule has 2 aliphatic heterocycles. The molecule has 2 aromatic rings. The highest BCUT2D eigenvalue weighted by molar-refractivity contribution is 9.10. The second-order valence-electron chi connectivity index (χ2n) is 6.53. The van der Waals surface area contributed by atoms with Gasteiger partial charge in [-0.05, 0) is 17.7 Å². The van der Waals surface area contributed by atoms with Gasteiger partial charge in [-0.1, -0.05) is 28.1 Å². The topological polar surface area (TPSA) is 75.1 Å². The summed E-state index contributed by atoms with van der Waals surface area (Å²) in [7, 11) is 0. The van der Waals surface area contributed by atoms with Crippen LogP contribution in [-0.4, -0.2) is 68.8 Å². The summed E-state index contributed by atoms with van der Waals surface area (Å²) in [5.41, 5.74) is 4.06. The molecule has 148 valence electrons. The SMILES string of the molecule is Brc1ccc(C=NNc2cc(N3CCOCC3)nc(N3CCOCC3)n2)cc1. The zero-order valence-corrected chi connectivity index (χ0v) is 17.1. The minimum absolute atomic E-state index is 0.673. The number of morpholine rings is 2. The first-order valence-electron chi connectivity index (χ1n) is 9.37. The van der Waals surface area contributed by atoms with Crippen molar-refractivity contribution in [3.8, 4) is 0 Å². The Labute approximate surface area is 172 Å². The average Bonchev–Trinajstić information content (AvgIpc) is 2.76. The molecule has 1 aromatic carbocycles. The van der Waals surface area contributed by atoms with Gasteiger partial charge < -0.3 is 19.3 Å². The molecule has 1 N–H and O–H groups in total. The fraction of sp³-hybridized carbons (Fsp3) is 0.421. The van der Waals surface area contributed by atoms with Crippen LogP contribution in [0.2, 0.25) is 0 Å². The van der Waals surface area contributed by atoms with E-state index < -0.39 is 0 Å². The van der Waals surface area contributed by atoms with Crippen LogP contribution in [-0.2, 0) is 9.47 Å². The van der Waals surface area contributed by atoms with Crippen LogP contribution < -0.4 is 15.2 Å². The van der Waals surface area contributed by atoms with E-state index in [0.717, 1.165) is 42.0 Å². The van der Waals surface area contributed by atoms with Gasteiger partial charge in [0.05, 0.1) is 32.6 Å². The van der Waals surface area contributed by atoms with E-state index in [4.69, 9.17) is 14.5 Å². The minimum atomic E-state index is 0.673. The number of aromatic nitrogens is 2. The van der Waals surface area contributed by atoms with Crippen LogP contribution in [0.15, 0.2) is 39.9 Å². The second kappa shape index (κ2) is 9.31. The zero-order chi connectivity index (χ0) is 19.2. The maximum Gasteiger partial charge on any atom is 0.229 e. The molecular formula is C19H23BrN6O2. The molecule has 8 nitrogen and oxygen atoms in total. The van der Waals surface area contributed by atoms with Crippen LogP contribution in [0.25, 0.3) is 0 Å². The predicted octanol–water partition coefficient (Wildman–Crippen LogP) is 2.36. The molecule has 4 rings (SSSR count). The van der Waals surface area contributed by atoms with Gasteiger partial charge in [-0.2, -0.15) is 15.1 Å². The summed E-state index contributed by atoms with van der Waals surface area (Å²) >= 11 is 3.44. The summed E-state index contributed by atoms with van der Waals surface area (Å²) in [5, 5.41) is 4.35. The lowest BCUT2D eigenvalue weighted by Crippen LogP contribution is -2.39. The molecule has 28 heavy (non-hydrogen) atoms. The first kappa shape index (κ1) is 19.1. The highest BCUT2D eigenvalue weighted by atomic mass is 79.9. The monoisotopic (exact) mass is 446 g/mol. The molecule has 0 amide bonds. The van der Waals surface area contributed by atoms with Crippen LogP contribution >= 0.6 is 15.9 Å². The molecule has 9 heteroatoms. The molecule has 1 aromatic heterocycles. The summed E-state index contributed by atoms with van der Waals surface area (Å²) in [6.45, 7) is 6.01. The minimum Gasteiger partial charge on any atom is -0.378 e. The van der Waals surface area contributed by atoms with Crippen LogP contribution in [0, 0.1) is 0 Å². The number of hydrazone groups is 1. The van der Waals surface area contributed by atoms with Crippen molar-refractivity contribution in [3.05, 3.63) is 40.4 Å². The van der Waals surface area contributed by atoms with Crippen molar-refractivity contribution in [3.63, 3.8) is 0 Å². The smallest absolute Gasteiger partial charge is 0.229 e. The molecule has 0 spiro atoms. The Morgan fingerprint density at radius 1 is 0.929 bits per heavy atom. The van der Waals surface area contributed by atoms with E-state index in [1.54, 1.807) is 6.21 Å². The molecular weight excluding hydrogens is 424 g/mol. The molecule has 0 bridgehead atoms. The van der Waals surface area contributed by atoms with Gasteiger partial charge in [-0.25, -0.2) is 0 Å². The standard InChI is InChI=1S/C19H23BrN6O2/c20-16-3-1-15(2-4-16)14-21-24-17-13-18(25-5-9-27-10-6-25)23-19(22-17)26-7-11-28-12-8-26/h1-4,13-14H,5-12H2,(H,22,23,24). The molecule has 3 heterocycles. The molecule has 0 radical (unpaired) electrons. The molecule has 2 saturated heterocycles. The summed E-state index contributed by atoms with van der Waals surface area (Å²) in [6, 6.07) is 9.90. The van der Waals surface area contributed by atoms with E-state index in [1.807, 2.05) is 30.3 Å².